The quantitative estimate of drug-likeness (QED) is 0.500. The number of aliphatic hydroxyl groups excluding tert-OH is 1. The van der Waals surface area contributed by atoms with Crippen LogP contribution in [0.5, 0.6) is 5.75 Å². The van der Waals surface area contributed by atoms with Gasteiger partial charge in [0.2, 0.25) is 0 Å². The lowest BCUT2D eigenvalue weighted by Crippen LogP contribution is -2.29. The number of amidine groups is 1. The molecule has 172 valence electrons. The van der Waals surface area contributed by atoms with E-state index in [1.807, 2.05) is 18.2 Å². The van der Waals surface area contributed by atoms with Gasteiger partial charge in [-0.15, -0.1) is 13.2 Å². The van der Waals surface area contributed by atoms with E-state index in [1.54, 1.807) is 0 Å². The maximum Gasteiger partial charge on any atom is 0.573 e. The second-order valence-corrected chi connectivity index (χ2v) is 8.13. The van der Waals surface area contributed by atoms with Crippen LogP contribution in [0.1, 0.15) is 25.1 Å². The highest BCUT2D eigenvalue weighted by Crippen LogP contribution is 2.33. The fraction of sp³-hybridized carbons (Fsp3) is 0.304. The van der Waals surface area contributed by atoms with Crippen LogP contribution in [-0.4, -0.2) is 46.9 Å². The summed E-state index contributed by atoms with van der Waals surface area (Å²) in [6.45, 7) is 2.05. The summed E-state index contributed by atoms with van der Waals surface area (Å²) in [6, 6.07) is 11.2. The summed E-state index contributed by atoms with van der Waals surface area (Å²) >= 11 is 0. The van der Waals surface area contributed by atoms with Crippen molar-refractivity contribution in [1.82, 2.24) is 9.97 Å². The Morgan fingerprint density at radius 1 is 1.00 bits per heavy atom. The number of fused-ring (bicyclic) bond motifs is 1. The third-order valence-electron chi connectivity index (χ3n) is 5.91. The predicted octanol–water partition coefficient (Wildman–Crippen LogP) is 5.22. The maximum atomic E-state index is 12.4. The smallest absolute Gasteiger partial charge is 0.509 e. The molecule has 1 aromatic heterocycles. The van der Waals surface area contributed by atoms with Gasteiger partial charge in [0.1, 0.15) is 23.2 Å². The van der Waals surface area contributed by atoms with Gasteiger partial charge in [0.25, 0.3) is 0 Å². The first-order chi connectivity index (χ1) is 15.8. The molecular weight excluding hydrogens is 435 g/mol. The molecule has 0 bridgehead atoms. The van der Waals surface area contributed by atoms with Gasteiger partial charge in [-0.3, -0.25) is 5.41 Å². The van der Waals surface area contributed by atoms with E-state index in [0.717, 1.165) is 29.8 Å². The van der Waals surface area contributed by atoms with Gasteiger partial charge >= 0.3 is 6.36 Å². The van der Waals surface area contributed by atoms with Gasteiger partial charge in [-0.25, -0.2) is 4.98 Å². The number of benzene rings is 2. The van der Waals surface area contributed by atoms with Gasteiger partial charge in [-0.1, -0.05) is 0 Å². The SMILES string of the molecule is N=C1C(c2nc3ccc(N4CCCCC4)cc3[nH]2)=C(O)CN1c1ccc(OC(F)(F)F)cc1. The largest absolute Gasteiger partial charge is 0.573 e. The number of nitrogens with one attached hydrogen (secondary N) is 2. The van der Waals surface area contributed by atoms with Crippen LogP contribution in [0, 0.1) is 5.41 Å². The Morgan fingerprint density at radius 2 is 1.70 bits per heavy atom. The molecule has 33 heavy (non-hydrogen) atoms. The van der Waals surface area contributed by atoms with E-state index in [4.69, 9.17) is 5.41 Å². The molecule has 10 heteroatoms. The van der Waals surface area contributed by atoms with E-state index < -0.39 is 6.36 Å². The zero-order valence-corrected chi connectivity index (χ0v) is 17.6. The minimum Gasteiger partial charge on any atom is -0.509 e. The number of aromatic amines is 1. The zero-order chi connectivity index (χ0) is 23.2. The van der Waals surface area contributed by atoms with E-state index in [2.05, 4.69) is 19.6 Å². The molecule has 3 aromatic rings. The zero-order valence-electron chi connectivity index (χ0n) is 17.6. The van der Waals surface area contributed by atoms with Crippen LogP contribution in [0.25, 0.3) is 16.6 Å². The van der Waals surface area contributed by atoms with Crippen LogP contribution in [0.4, 0.5) is 24.5 Å². The number of halogens is 3. The number of hydrogen-bond donors (Lipinski definition) is 3. The molecule has 0 amide bonds. The first kappa shape index (κ1) is 21.2. The molecule has 0 unspecified atom stereocenters. The van der Waals surface area contributed by atoms with Crippen molar-refractivity contribution in [2.75, 3.05) is 29.4 Å². The standard InChI is InChI=1S/C23H22F3N5O2/c24-23(25,26)33-16-7-4-14(5-8-16)31-13-19(32)20(21(31)27)22-28-17-9-6-15(12-18(17)29-22)30-10-2-1-3-11-30/h4-9,12,27,32H,1-3,10-11,13H2,(H,28,29). The first-order valence-corrected chi connectivity index (χ1v) is 10.7. The van der Waals surface area contributed by atoms with Gasteiger partial charge in [-0.05, 0) is 61.7 Å². The summed E-state index contributed by atoms with van der Waals surface area (Å²) in [5.41, 5.74) is 3.38. The van der Waals surface area contributed by atoms with Gasteiger partial charge in [0.05, 0.1) is 23.2 Å². The highest BCUT2D eigenvalue weighted by Gasteiger charge is 2.33. The number of alkyl halides is 3. The van der Waals surface area contributed by atoms with Crippen molar-refractivity contribution in [3.8, 4) is 5.75 Å². The van der Waals surface area contributed by atoms with Gasteiger partial charge in [-0.2, -0.15) is 0 Å². The molecule has 1 saturated heterocycles. The lowest BCUT2D eigenvalue weighted by atomic mass is 10.1. The van der Waals surface area contributed by atoms with Crippen molar-refractivity contribution in [1.29, 1.82) is 5.41 Å². The molecule has 2 aliphatic heterocycles. The number of aromatic nitrogens is 2. The van der Waals surface area contributed by atoms with Crippen molar-refractivity contribution >= 4 is 33.8 Å². The number of hydrogen-bond acceptors (Lipinski definition) is 5. The Bertz CT molecular complexity index is 1230. The molecule has 5 rings (SSSR count). The number of piperidine rings is 1. The molecule has 1 fully saturated rings. The molecule has 2 aromatic carbocycles. The number of H-pyrrole nitrogens is 1. The van der Waals surface area contributed by atoms with E-state index in [0.29, 0.717) is 11.5 Å². The summed E-state index contributed by atoms with van der Waals surface area (Å²) in [7, 11) is 0. The number of nitrogens with zero attached hydrogens (tertiary/aromatic N) is 3. The highest BCUT2D eigenvalue weighted by atomic mass is 19.4. The number of ether oxygens (including phenoxy) is 1. The van der Waals surface area contributed by atoms with E-state index in [1.165, 1.54) is 48.4 Å². The number of rotatable bonds is 4. The van der Waals surface area contributed by atoms with E-state index in [-0.39, 0.29) is 29.5 Å². The third-order valence-corrected chi connectivity index (χ3v) is 5.91. The molecule has 0 aliphatic carbocycles. The van der Waals surface area contributed by atoms with Crippen LogP contribution in [0.15, 0.2) is 48.2 Å². The molecule has 0 saturated carbocycles. The molecule has 7 nitrogen and oxygen atoms in total. The first-order valence-electron chi connectivity index (χ1n) is 10.7. The average Bonchev–Trinajstić information content (AvgIpc) is 3.33. The van der Waals surface area contributed by atoms with E-state index >= 15 is 0 Å². The van der Waals surface area contributed by atoms with Crippen molar-refractivity contribution in [2.24, 2.45) is 0 Å². The third kappa shape index (κ3) is 4.20. The van der Waals surface area contributed by atoms with Gasteiger partial charge < -0.3 is 24.6 Å². The van der Waals surface area contributed by atoms with Gasteiger partial charge in [0, 0.05) is 24.5 Å². The minimum atomic E-state index is -4.77. The Kier molecular flexibility index (Phi) is 5.15. The number of anilines is 2. The van der Waals surface area contributed by atoms with Crippen molar-refractivity contribution in [2.45, 2.75) is 25.6 Å². The lowest BCUT2D eigenvalue weighted by Gasteiger charge is -2.28. The minimum absolute atomic E-state index is 0.00676. The Hall–Kier alpha value is -3.69. The summed E-state index contributed by atoms with van der Waals surface area (Å²) in [6.07, 6.45) is -1.19. The Balaban J connectivity index is 1.38. The number of imidazole rings is 1. The fourth-order valence-electron chi connectivity index (χ4n) is 4.34. The van der Waals surface area contributed by atoms with Crippen molar-refractivity contribution in [3.63, 3.8) is 0 Å². The summed E-state index contributed by atoms with van der Waals surface area (Å²) in [5, 5.41) is 19.2. The molecule has 0 atom stereocenters. The topological polar surface area (TPSA) is 88.5 Å². The summed E-state index contributed by atoms with van der Waals surface area (Å²) in [5.74, 6) is -0.00257. The monoisotopic (exact) mass is 457 g/mol. The second kappa shape index (κ2) is 8.02. The normalized spacial score (nSPS) is 17.4. The van der Waals surface area contributed by atoms with Crippen molar-refractivity contribution in [3.05, 3.63) is 54.0 Å². The van der Waals surface area contributed by atoms with Gasteiger partial charge in [0.15, 0.2) is 0 Å². The predicted molar refractivity (Wildman–Crippen MR) is 120 cm³/mol. The fourth-order valence-corrected chi connectivity index (χ4v) is 4.34. The van der Waals surface area contributed by atoms with Crippen molar-refractivity contribution < 1.29 is 23.0 Å². The van der Waals surface area contributed by atoms with E-state index in [9.17, 15) is 18.3 Å². The second-order valence-electron chi connectivity index (χ2n) is 8.13. The molecule has 0 radical (unpaired) electrons. The molecule has 3 heterocycles. The van der Waals surface area contributed by atoms with Crippen LogP contribution >= 0.6 is 0 Å². The lowest BCUT2D eigenvalue weighted by molar-refractivity contribution is -0.274. The molecule has 0 spiro atoms. The Morgan fingerprint density at radius 3 is 2.39 bits per heavy atom. The average molecular weight is 457 g/mol. The molecule has 3 N–H and O–H groups in total. The molecular formula is C23H22F3N5O2. The Labute approximate surface area is 187 Å². The van der Waals surface area contributed by atoms with Crippen LogP contribution in [0.2, 0.25) is 0 Å². The maximum absolute atomic E-state index is 12.4. The van der Waals surface area contributed by atoms with Crippen LogP contribution in [-0.2, 0) is 0 Å². The highest BCUT2D eigenvalue weighted by molar-refractivity contribution is 6.30. The van der Waals surface area contributed by atoms with Crippen LogP contribution in [0.3, 0.4) is 0 Å². The van der Waals surface area contributed by atoms with Crippen LogP contribution < -0.4 is 14.5 Å². The molecule has 2 aliphatic rings. The number of aliphatic hydroxyl groups is 1. The summed E-state index contributed by atoms with van der Waals surface area (Å²) < 4.78 is 41.1. The summed E-state index contributed by atoms with van der Waals surface area (Å²) in [4.78, 5) is 11.6.